The highest BCUT2D eigenvalue weighted by molar-refractivity contribution is 7.15. The highest BCUT2D eigenvalue weighted by Gasteiger charge is 2.25. The molecule has 1 unspecified atom stereocenters. The van der Waals surface area contributed by atoms with Crippen molar-refractivity contribution in [3.8, 4) is 0 Å². The van der Waals surface area contributed by atoms with E-state index in [1.807, 2.05) is 6.20 Å². The van der Waals surface area contributed by atoms with Gasteiger partial charge < -0.3 is 10.6 Å². The molecule has 1 aliphatic heterocycles. The summed E-state index contributed by atoms with van der Waals surface area (Å²) >= 11 is 1.58. The van der Waals surface area contributed by atoms with Crippen molar-refractivity contribution in [3.63, 3.8) is 0 Å². The number of thiazole rings is 1. The SMILES string of the molecule is CC1Cc2ccccc2N1Cc1cnc(N)s1. The molecule has 88 valence electrons. The molecule has 0 radical (unpaired) electrons. The van der Waals surface area contributed by atoms with Gasteiger partial charge in [0.05, 0.1) is 6.54 Å². The minimum Gasteiger partial charge on any atom is -0.375 e. The summed E-state index contributed by atoms with van der Waals surface area (Å²) in [7, 11) is 0. The van der Waals surface area contributed by atoms with Crippen LogP contribution in [0.1, 0.15) is 17.4 Å². The molecule has 0 saturated carbocycles. The number of aromatic nitrogens is 1. The van der Waals surface area contributed by atoms with Crippen LogP contribution in [0.25, 0.3) is 0 Å². The van der Waals surface area contributed by atoms with E-state index in [4.69, 9.17) is 5.73 Å². The lowest BCUT2D eigenvalue weighted by Gasteiger charge is -2.23. The van der Waals surface area contributed by atoms with Gasteiger partial charge in [-0.2, -0.15) is 0 Å². The summed E-state index contributed by atoms with van der Waals surface area (Å²) in [6.45, 7) is 3.18. The van der Waals surface area contributed by atoms with Gasteiger partial charge in [-0.05, 0) is 25.0 Å². The fraction of sp³-hybridized carbons (Fsp3) is 0.308. The summed E-state index contributed by atoms with van der Waals surface area (Å²) in [4.78, 5) is 7.77. The first-order chi connectivity index (χ1) is 8.24. The van der Waals surface area contributed by atoms with Gasteiger partial charge in [-0.25, -0.2) is 4.98 Å². The number of hydrogen-bond acceptors (Lipinski definition) is 4. The minimum absolute atomic E-state index is 0.552. The number of hydrogen-bond donors (Lipinski definition) is 1. The van der Waals surface area contributed by atoms with Crippen molar-refractivity contribution in [1.82, 2.24) is 4.98 Å². The number of anilines is 2. The Bertz CT molecular complexity index is 535. The maximum absolute atomic E-state index is 5.67. The number of benzene rings is 1. The highest BCUT2D eigenvalue weighted by Crippen LogP contribution is 2.33. The molecule has 1 aliphatic rings. The Morgan fingerprint density at radius 1 is 1.47 bits per heavy atom. The first-order valence-corrected chi connectivity index (χ1v) is 6.60. The molecular formula is C13H15N3S. The molecule has 4 heteroatoms. The molecule has 0 saturated heterocycles. The average molecular weight is 245 g/mol. The fourth-order valence-corrected chi connectivity index (χ4v) is 3.12. The number of fused-ring (bicyclic) bond motifs is 1. The van der Waals surface area contributed by atoms with E-state index in [0.717, 1.165) is 13.0 Å². The Morgan fingerprint density at radius 3 is 3.06 bits per heavy atom. The monoisotopic (exact) mass is 245 g/mol. The Balaban J connectivity index is 1.88. The maximum Gasteiger partial charge on any atom is 0.180 e. The van der Waals surface area contributed by atoms with Crippen LogP contribution in [0.15, 0.2) is 30.5 Å². The number of nitrogen functional groups attached to an aromatic ring is 1. The van der Waals surface area contributed by atoms with E-state index in [1.165, 1.54) is 16.1 Å². The predicted molar refractivity (Wildman–Crippen MR) is 72.3 cm³/mol. The van der Waals surface area contributed by atoms with Crippen LogP contribution in [0.2, 0.25) is 0 Å². The molecule has 0 spiro atoms. The van der Waals surface area contributed by atoms with E-state index in [9.17, 15) is 0 Å². The molecule has 1 aromatic heterocycles. The van der Waals surface area contributed by atoms with E-state index in [-0.39, 0.29) is 0 Å². The van der Waals surface area contributed by atoms with Crippen molar-refractivity contribution in [3.05, 3.63) is 40.9 Å². The summed E-state index contributed by atoms with van der Waals surface area (Å²) < 4.78 is 0. The number of nitrogens with two attached hydrogens (primary N) is 1. The summed E-state index contributed by atoms with van der Waals surface area (Å²) in [6.07, 6.45) is 3.01. The molecule has 0 aliphatic carbocycles. The second kappa shape index (κ2) is 4.04. The standard InChI is InChI=1S/C13H15N3S/c1-9-6-10-4-2-3-5-12(10)16(9)8-11-7-15-13(14)17-11/h2-5,7,9H,6,8H2,1H3,(H2,14,15). The Hall–Kier alpha value is -1.55. The van der Waals surface area contributed by atoms with Gasteiger partial charge in [0.15, 0.2) is 5.13 Å². The zero-order valence-electron chi connectivity index (χ0n) is 9.76. The summed E-state index contributed by atoms with van der Waals surface area (Å²) in [5, 5.41) is 0.653. The largest absolute Gasteiger partial charge is 0.375 e. The molecule has 2 aromatic rings. The molecule has 2 N–H and O–H groups in total. The summed E-state index contributed by atoms with van der Waals surface area (Å²) in [5.41, 5.74) is 8.47. The number of rotatable bonds is 2. The lowest BCUT2D eigenvalue weighted by molar-refractivity contribution is 0.676. The van der Waals surface area contributed by atoms with Crippen LogP contribution < -0.4 is 10.6 Å². The number of nitrogens with zero attached hydrogens (tertiary/aromatic N) is 2. The Morgan fingerprint density at radius 2 is 2.29 bits per heavy atom. The van der Waals surface area contributed by atoms with E-state index >= 15 is 0 Å². The molecule has 0 amide bonds. The van der Waals surface area contributed by atoms with E-state index in [0.29, 0.717) is 11.2 Å². The summed E-state index contributed by atoms with van der Waals surface area (Å²) in [6, 6.07) is 9.18. The molecule has 3 nitrogen and oxygen atoms in total. The van der Waals surface area contributed by atoms with E-state index in [1.54, 1.807) is 11.3 Å². The third-order valence-electron chi connectivity index (χ3n) is 3.25. The van der Waals surface area contributed by atoms with Crippen LogP contribution >= 0.6 is 11.3 Å². The zero-order chi connectivity index (χ0) is 11.8. The van der Waals surface area contributed by atoms with Gasteiger partial charge >= 0.3 is 0 Å². The van der Waals surface area contributed by atoms with Crippen LogP contribution in [0.4, 0.5) is 10.8 Å². The molecule has 0 fully saturated rings. The van der Waals surface area contributed by atoms with E-state index in [2.05, 4.69) is 41.1 Å². The second-order valence-electron chi connectivity index (χ2n) is 4.47. The summed E-state index contributed by atoms with van der Waals surface area (Å²) in [5.74, 6) is 0. The van der Waals surface area contributed by atoms with Gasteiger partial charge in [0, 0.05) is 22.8 Å². The van der Waals surface area contributed by atoms with Gasteiger partial charge in [-0.3, -0.25) is 0 Å². The highest BCUT2D eigenvalue weighted by atomic mass is 32.1. The molecule has 3 rings (SSSR count). The first kappa shape index (κ1) is 10.6. The first-order valence-electron chi connectivity index (χ1n) is 5.79. The lowest BCUT2D eigenvalue weighted by Crippen LogP contribution is -2.28. The normalized spacial score (nSPS) is 18.4. The van der Waals surface area contributed by atoms with Gasteiger partial charge in [-0.1, -0.05) is 18.2 Å². The minimum atomic E-state index is 0.552. The van der Waals surface area contributed by atoms with Crippen LogP contribution in [-0.2, 0) is 13.0 Å². The van der Waals surface area contributed by atoms with Gasteiger partial charge in [0.1, 0.15) is 0 Å². The fourth-order valence-electron chi connectivity index (χ4n) is 2.43. The molecular weight excluding hydrogens is 230 g/mol. The van der Waals surface area contributed by atoms with Gasteiger partial charge in [0.25, 0.3) is 0 Å². The van der Waals surface area contributed by atoms with Crippen LogP contribution in [0, 0.1) is 0 Å². The Labute approximate surface area is 105 Å². The maximum atomic E-state index is 5.67. The Kier molecular flexibility index (Phi) is 2.52. The lowest BCUT2D eigenvalue weighted by atomic mass is 10.1. The topological polar surface area (TPSA) is 42.2 Å². The van der Waals surface area contributed by atoms with Crippen molar-refractivity contribution >= 4 is 22.2 Å². The van der Waals surface area contributed by atoms with Crippen molar-refractivity contribution in [2.75, 3.05) is 10.6 Å². The van der Waals surface area contributed by atoms with Crippen molar-refractivity contribution < 1.29 is 0 Å². The predicted octanol–water partition coefficient (Wildman–Crippen LogP) is 2.68. The van der Waals surface area contributed by atoms with Crippen LogP contribution in [0.3, 0.4) is 0 Å². The molecule has 1 aromatic carbocycles. The van der Waals surface area contributed by atoms with Crippen molar-refractivity contribution in [2.45, 2.75) is 25.9 Å². The average Bonchev–Trinajstić information content (AvgIpc) is 2.85. The zero-order valence-corrected chi connectivity index (χ0v) is 10.6. The third-order valence-corrected chi connectivity index (χ3v) is 4.06. The molecule has 2 heterocycles. The van der Waals surface area contributed by atoms with Crippen molar-refractivity contribution in [2.24, 2.45) is 0 Å². The molecule has 1 atom stereocenters. The van der Waals surface area contributed by atoms with Gasteiger partial charge in [0.2, 0.25) is 0 Å². The molecule has 0 bridgehead atoms. The smallest absolute Gasteiger partial charge is 0.180 e. The van der Waals surface area contributed by atoms with Crippen LogP contribution in [0.5, 0.6) is 0 Å². The third kappa shape index (κ3) is 1.89. The quantitative estimate of drug-likeness (QED) is 0.884. The molecule has 17 heavy (non-hydrogen) atoms. The van der Waals surface area contributed by atoms with Crippen molar-refractivity contribution in [1.29, 1.82) is 0 Å². The van der Waals surface area contributed by atoms with Crippen LogP contribution in [-0.4, -0.2) is 11.0 Å². The second-order valence-corrected chi connectivity index (χ2v) is 5.62. The van der Waals surface area contributed by atoms with E-state index < -0.39 is 0 Å². The number of para-hydroxylation sites is 1. The van der Waals surface area contributed by atoms with Gasteiger partial charge in [-0.15, -0.1) is 11.3 Å².